The highest BCUT2D eigenvalue weighted by Crippen LogP contribution is 2.05. The van der Waals surface area contributed by atoms with Crippen LogP contribution in [0.25, 0.3) is 5.78 Å². The summed E-state index contributed by atoms with van der Waals surface area (Å²) in [7, 11) is 0. The number of aliphatic hydroxyl groups is 1. The van der Waals surface area contributed by atoms with Gasteiger partial charge in [-0.25, -0.2) is 9.50 Å². The molecule has 0 radical (unpaired) electrons. The zero-order valence-corrected chi connectivity index (χ0v) is 11.1. The Balaban J connectivity index is 2.27. The quantitative estimate of drug-likeness (QED) is 0.837. The van der Waals surface area contributed by atoms with Gasteiger partial charge in [-0.2, -0.15) is 4.98 Å². The van der Waals surface area contributed by atoms with E-state index in [1.165, 1.54) is 0 Å². The minimum Gasteiger partial charge on any atom is -0.396 e. The second-order valence-electron chi connectivity index (χ2n) is 4.20. The van der Waals surface area contributed by atoms with Gasteiger partial charge in [-0.3, -0.25) is 4.79 Å². The van der Waals surface area contributed by atoms with Gasteiger partial charge in [0.15, 0.2) is 0 Å². The molecule has 1 amide bonds. The molecule has 0 aliphatic heterocycles. The van der Waals surface area contributed by atoms with Crippen LogP contribution < -0.4 is 0 Å². The van der Waals surface area contributed by atoms with Crippen molar-refractivity contribution in [1.82, 2.24) is 24.5 Å². The molecule has 1 N–H and O–H groups in total. The number of amides is 1. The van der Waals surface area contributed by atoms with Crippen LogP contribution in [0.15, 0.2) is 12.3 Å². The summed E-state index contributed by atoms with van der Waals surface area (Å²) in [6.45, 7) is 4.87. The lowest BCUT2D eigenvalue weighted by atomic mass is 10.3. The lowest BCUT2D eigenvalue weighted by Gasteiger charge is -2.18. The van der Waals surface area contributed by atoms with Crippen LogP contribution in [-0.4, -0.2) is 55.2 Å². The summed E-state index contributed by atoms with van der Waals surface area (Å²) in [5.41, 5.74) is 0.870. The molecule has 19 heavy (non-hydrogen) atoms. The van der Waals surface area contributed by atoms with Crippen LogP contribution in [0.1, 0.15) is 29.7 Å². The SMILES string of the molecule is CCN(CCCO)C(=O)c1nc2nccc(C)n2n1. The van der Waals surface area contributed by atoms with E-state index < -0.39 is 0 Å². The second kappa shape index (κ2) is 5.75. The fourth-order valence-electron chi connectivity index (χ4n) is 1.80. The molecule has 2 rings (SSSR count). The highest BCUT2D eigenvalue weighted by Gasteiger charge is 2.19. The van der Waals surface area contributed by atoms with Crippen molar-refractivity contribution in [2.24, 2.45) is 0 Å². The second-order valence-corrected chi connectivity index (χ2v) is 4.20. The summed E-state index contributed by atoms with van der Waals surface area (Å²) < 4.78 is 1.55. The number of aliphatic hydroxyl groups excluding tert-OH is 1. The van der Waals surface area contributed by atoms with Crippen LogP contribution in [0.5, 0.6) is 0 Å². The van der Waals surface area contributed by atoms with Crippen molar-refractivity contribution < 1.29 is 9.90 Å². The lowest BCUT2D eigenvalue weighted by Crippen LogP contribution is -2.33. The Morgan fingerprint density at radius 3 is 2.95 bits per heavy atom. The van der Waals surface area contributed by atoms with Gasteiger partial charge in [-0.05, 0) is 26.3 Å². The van der Waals surface area contributed by atoms with Gasteiger partial charge in [0.05, 0.1) is 0 Å². The van der Waals surface area contributed by atoms with E-state index >= 15 is 0 Å². The Labute approximate surface area is 110 Å². The molecule has 0 spiro atoms. The first-order chi connectivity index (χ1) is 9.17. The van der Waals surface area contributed by atoms with E-state index in [2.05, 4.69) is 15.1 Å². The number of rotatable bonds is 5. The number of hydrogen-bond acceptors (Lipinski definition) is 5. The minimum absolute atomic E-state index is 0.0586. The summed E-state index contributed by atoms with van der Waals surface area (Å²) in [6.07, 6.45) is 2.18. The predicted octanol–water partition coefficient (Wildman–Crippen LogP) is 0.277. The number of fused-ring (bicyclic) bond motifs is 1. The average molecular weight is 263 g/mol. The molecule has 0 aliphatic carbocycles. The predicted molar refractivity (Wildman–Crippen MR) is 68.8 cm³/mol. The molecule has 2 heterocycles. The molecule has 0 aromatic carbocycles. The zero-order valence-electron chi connectivity index (χ0n) is 11.1. The first kappa shape index (κ1) is 13.4. The highest BCUT2D eigenvalue weighted by molar-refractivity contribution is 5.90. The molecule has 0 bridgehead atoms. The Kier molecular flexibility index (Phi) is 4.06. The van der Waals surface area contributed by atoms with E-state index in [4.69, 9.17) is 5.11 Å². The molecule has 0 saturated heterocycles. The van der Waals surface area contributed by atoms with E-state index in [-0.39, 0.29) is 18.3 Å². The van der Waals surface area contributed by atoms with Crippen LogP contribution >= 0.6 is 0 Å². The van der Waals surface area contributed by atoms with Gasteiger partial charge in [0.2, 0.25) is 5.82 Å². The fourth-order valence-corrected chi connectivity index (χ4v) is 1.80. The maximum absolute atomic E-state index is 12.2. The number of carbonyl (C=O) groups excluding carboxylic acids is 1. The van der Waals surface area contributed by atoms with Crippen LogP contribution in [-0.2, 0) is 0 Å². The van der Waals surface area contributed by atoms with Gasteiger partial charge in [0.1, 0.15) is 0 Å². The topological polar surface area (TPSA) is 83.6 Å². The zero-order chi connectivity index (χ0) is 13.8. The molecule has 2 aromatic heterocycles. The number of nitrogens with zero attached hydrogens (tertiary/aromatic N) is 5. The first-order valence-corrected chi connectivity index (χ1v) is 6.26. The van der Waals surface area contributed by atoms with Crippen molar-refractivity contribution in [3.63, 3.8) is 0 Å². The smallest absolute Gasteiger partial charge is 0.293 e. The molecule has 7 nitrogen and oxygen atoms in total. The van der Waals surface area contributed by atoms with E-state index in [1.54, 1.807) is 21.7 Å². The largest absolute Gasteiger partial charge is 0.396 e. The molecule has 0 saturated carbocycles. The highest BCUT2D eigenvalue weighted by atomic mass is 16.3. The first-order valence-electron chi connectivity index (χ1n) is 6.26. The summed E-state index contributed by atoms with van der Waals surface area (Å²) in [5, 5.41) is 13.0. The summed E-state index contributed by atoms with van der Waals surface area (Å²) in [5.74, 6) is 0.323. The number of aromatic nitrogens is 4. The van der Waals surface area contributed by atoms with E-state index in [1.807, 2.05) is 13.8 Å². The van der Waals surface area contributed by atoms with Crippen molar-refractivity contribution in [3.8, 4) is 0 Å². The monoisotopic (exact) mass is 263 g/mol. The van der Waals surface area contributed by atoms with Crippen molar-refractivity contribution in [3.05, 3.63) is 23.8 Å². The molecule has 2 aromatic rings. The maximum atomic E-state index is 12.2. The normalized spacial score (nSPS) is 10.9. The molecule has 0 unspecified atom stereocenters. The standard InChI is InChI=1S/C12H17N5O2/c1-3-16(7-4-8-18)11(19)10-14-12-13-6-5-9(2)17(12)15-10/h5-6,18H,3-4,7-8H2,1-2H3. The molecule has 102 valence electrons. The Hall–Kier alpha value is -2.02. The molecule has 0 aliphatic rings. The van der Waals surface area contributed by atoms with E-state index in [0.717, 1.165) is 5.69 Å². The fraction of sp³-hybridized carbons (Fsp3) is 0.500. The van der Waals surface area contributed by atoms with Gasteiger partial charge < -0.3 is 10.0 Å². The third kappa shape index (κ3) is 2.70. The summed E-state index contributed by atoms with van der Waals surface area (Å²) in [6, 6.07) is 1.80. The Bertz CT molecular complexity index is 581. The van der Waals surface area contributed by atoms with Crippen LogP contribution in [0.4, 0.5) is 0 Å². The van der Waals surface area contributed by atoms with Crippen molar-refractivity contribution in [2.45, 2.75) is 20.3 Å². The van der Waals surface area contributed by atoms with Crippen LogP contribution in [0, 0.1) is 6.92 Å². The lowest BCUT2D eigenvalue weighted by molar-refractivity contribution is 0.0742. The van der Waals surface area contributed by atoms with Crippen LogP contribution in [0.3, 0.4) is 0 Å². The van der Waals surface area contributed by atoms with Crippen molar-refractivity contribution in [2.75, 3.05) is 19.7 Å². The van der Waals surface area contributed by atoms with Crippen molar-refractivity contribution in [1.29, 1.82) is 0 Å². The van der Waals surface area contributed by atoms with Crippen molar-refractivity contribution >= 4 is 11.7 Å². The Morgan fingerprint density at radius 2 is 2.32 bits per heavy atom. The summed E-state index contributed by atoms with van der Waals surface area (Å²) >= 11 is 0. The van der Waals surface area contributed by atoms with Gasteiger partial charge >= 0.3 is 0 Å². The molecular formula is C12H17N5O2. The van der Waals surface area contributed by atoms with Gasteiger partial charge in [0, 0.05) is 31.6 Å². The molecule has 0 fully saturated rings. The third-order valence-corrected chi connectivity index (χ3v) is 2.88. The summed E-state index contributed by atoms with van der Waals surface area (Å²) in [4.78, 5) is 22.1. The van der Waals surface area contributed by atoms with E-state index in [9.17, 15) is 4.79 Å². The van der Waals surface area contributed by atoms with Crippen LogP contribution in [0.2, 0.25) is 0 Å². The van der Waals surface area contributed by atoms with Gasteiger partial charge in [0.25, 0.3) is 11.7 Å². The van der Waals surface area contributed by atoms with Gasteiger partial charge in [-0.1, -0.05) is 0 Å². The molecular weight excluding hydrogens is 246 g/mol. The molecule has 0 atom stereocenters. The number of aryl methyl sites for hydroxylation is 1. The third-order valence-electron chi connectivity index (χ3n) is 2.88. The minimum atomic E-state index is -0.235. The maximum Gasteiger partial charge on any atom is 0.293 e. The van der Waals surface area contributed by atoms with Gasteiger partial charge in [-0.15, -0.1) is 5.10 Å². The molecule has 7 heteroatoms. The number of hydrogen-bond donors (Lipinski definition) is 1. The number of carbonyl (C=O) groups is 1. The Morgan fingerprint density at radius 1 is 1.53 bits per heavy atom. The van der Waals surface area contributed by atoms with E-state index in [0.29, 0.717) is 25.3 Å². The average Bonchev–Trinajstić information content (AvgIpc) is 2.85.